The molecule has 0 aliphatic carbocycles. The van der Waals surface area contributed by atoms with Crippen molar-refractivity contribution in [2.75, 3.05) is 0 Å². The van der Waals surface area contributed by atoms with Crippen molar-refractivity contribution >= 4 is 109 Å². The highest BCUT2D eigenvalue weighted by atomic mass is 15.0. The predicted octanol–water partition coefficient (Wildman–Crippen LogP) is 28.0. The molecule has 112 heavy (non-hydrogen) atoms. The molecule has 17 aromatic carbocycles. The fourth-order valence-electron chi connectivity index (χ4n) is 17.6. The molecule has 0 aliphatic heterocycles. The van der Waals surface area contributed by atoms with E-state index in [0.29, 0.717) is 0 Å². The van der Waals surface area contributed by atoms with Gasteiger partial charge in [0.1, 0.15) is 0 Å². The van der Waals surface area contributed by atoms with E-state index in [4.69, 9.17) is 0 Å². The van der Waals surface area contributed by atoms with Gasteiger partial charge in [0, 0.05) is 100 Å². The normalized spacial score (nSPS) is 11.8. The zero-order chi connectivity index (χ0) is 73.7. The van der Waals surface area contributed by atoms with Crippen LogP contribution in [0.15, 0.2) is 425 Å². The first-order valence-electron chi connectivity index (χ1n) is 38.4. The summed E-state index contributed by atoms with van der Waals surface area (Å²) in [5, 5.41) is 12.3. The maximum atomic E-state index is 2.47. The quantitative estimate of drug-likeness (QED) is 0.124. The molecule has 0 atom stereocenters. The van der Waals surface area contributed by atoms with Crippen LogP contribution in [-0.4, -0.2) is 27.4 Å². The van der Waals surface area contributed by atoms with Crippen molar-refractivity contribution in [3.63, 3.8) is 0 Å². The van der Waals surface area contributed by atoms with Gasteiger partial charge >= 0.3 is 0 Å². The number of nitrogens with zero attached hydrogens (tertiary/aromatic N) is 6. The Hall–Kier alpha value is -15.0. The van der Waals surface area contributed by atoms with Gasteiger partial charge in [-0.05, 0) is 213 Å². The summed E-state index contributed by atoms with van der Waals surface area (Å²) in [6.07, 6.45) is 4.37. The Bertz CT molecular complexity index is 7380. The molecular weight excluding hydrogens is 1360 g/mol. The Morgan fingerprint density at radius 3 is 0.759 bits per heavy atom. The minimum absolute atomic E-state index is 1.11. The van der Waals surface area contributed by atoms with Crippen LogP contribution in [0.25, 0.3) is 199 Å². The topological polar surface area (TPSA) is 29.6 Å². The van der Waals surface area contributed by atoms with Crippen LogP contribution < -0.4 is 0 Å². The van der Waals surface area contributed by atoms with E-state index in [9.17, 15) is 0 Å². The van der Waals surface area contributed by atoms with Gasteiger partial charge in [0.15, 0.2) is 0 Å². The number of hydrogen-bond acceptors (Lipinski definition) is 0. The largest absolute Gasteiger partial charge is 0.317 e. The van der Waals surface area contributed by atoms with Gasteiger partial charge in [-0.3, -0.25) is 0 Å². The summed E-state index contributed by atoms with van der Waals surface area (Å²) in [6, 6.07) is 150. The highest BCUT2D eigenvalue weighted by Crippen LogP contribution is 2.44. The highest BCUT2D eigenvalue weighted by Gasteiger charge is 2.23. The van der Waals surface area contributed by atoms with E-state index in [0.717, 1.165) is 39.7 Å². The monoisotopic (exact) mass is 1430 g/mol. The highest BCUT2D eigenvalue weighted by molar-refractivity contribution is 6.17. The zero-order valence-corrected chi connectivity index (χ0v) is 61.1. The molecule has 0 spiro atoms. The summed E-state index contributed by atoms with van der Waals surface area (Å²) in [6.45, 7) is 0. The van der Waals surface area contributed by atoms with E-state index in [1.165, 1.54) is 159 Å². The number of benzene rings is 17. The number of hydrogen-bond donors (Lipinski definition) is 0. The SMILES string of the molecule is c1ccc(-c2cc(-n3c4ccc(-c5ccccc5)cc4c4cc(-c5ccccc5)ccc43)cc(-n3c4ccccc4c4cc5c(ccn5-c5ccccc5)cc43)c2)cc1.c1ccc(-c2ccc3c(c2)c2cc(-c4ccccc4)ccc2n3-c2cccc(-n3c4ccccc4c4cc5c(ccn5-c5ccccc5)cc43)c2)cc1. The zero-order valence-electron chi connectivity index (χ0n) is 61.1. The Kier molecular flexibility index (Phi) is 15.2. The van der Waals surface area contributed by atoms with Crippen LogP contribution in [-0.2, 0) is 0 Å². The first-order valence-corrected chi connectivity index (χ1v) is 38.4. The minimum Gasteiger partial charge on any atom is -0.317 e. The predicted molar refractivity (Wildman–Crippen MR) is 471 cm³/mol. The molecule has 0 bridgehead atoms. The molecule has 0 amide bonds. The molecular formula is C106H70N6. The second kappa shape index (κ2) is 26.5. The lowest BCUT2D eigenvalue weighted by molar-refractivity contribution is 1.13. The average Bonchev–Trinajstić information content (AvgIpc) is 1.60. The van der Waals surface area contributed by atoms with Crippen molar-refractivity contribution in [1.82, 2.24) is 27.4 Å². The van der Waals surface area contributed by atoms with E-state index >= 15 is 0 Å². The molecule has 6 nitrogen and oxygen atoms in total. The molecule has 6 heterocycles. The Labute approximate surface area is 646 Å². The van der Waals surface area contributed by atoms with E-state index in [2.05, 4.69) is 452 Å². The van der Waals surface area contributed by atoms with Crippen molar-refractivity contribution < 1.29 is 0 Å². The van der Waals surface area contributed by atoms with Crippen LogP contribution in [0.4, 0.5) is 0 Å². The lowest BCUT2D eigenvalue weighted by Crippen LogP contribution is -2.00. The van der Waals surface area contributed by atoms with Gasteiger partial charge in [0.25, 0.3) is 0 Å². The third-order valence-electron chi connectivity index (χ3n) is 22.9. The van der Waals surface area contributed by atoms with Gasteiger partial charge in [-0.2, -0.15) is 0 Å². The molecule has 6 heteroatoms. The van der Waals surface area contributed by atoms with Crippen molar-refractivity contribution in [2.45, 2.75) is 0 Å². The lowest BCUT2D eigenvalue weighted by Gasteiger charge is -2.16. The molecule has 0 aliphatic rings. The standard InChI is InChI=1S/C56H37N3.C50H33N3/c1-5-15-38(16-6-1)41-25-27-53-49(33-41)50-34-42(39-17-7-2-8-18-39)26-28-54(50)58(53)46-31-44(40-19-9-3-10-20-40)32-47(36-46)59-52-24-14-13-23-48(52)51-37-55-43(35-56(51)59)29-30-57(55)45-21-11-4-12-22-45;1-4-13-34(14-5-1)36-23-25-47-43(29-36)44-30-37(35-15-6-2-7-16-35)24-26-48(44)52(47)40-19-12-20-41(32-40)53-46-22-11-10-21-42(46)45-33-49-38(31-50(45)53)27-28-51(49)39-17-8-3-9-18-39/h1-37H;1-33H. The number of para-hydroxylation sites is 4. The van der Waals surface area contributed by atoms with Crippen molar-refractivity contribution in [3.05, 3.63) is 425 Å². The maximum absolute atomic E-state index is 2.47. The minimum atomic E-state index is 1.11. The van der Waals surface area contributed by atoms with Gasteiger partial charge in [0.05, 0.1) is 55.2 Å². The molecule has 23 aromatic rings. The maximum Gasteiger partial charge on any atom is 0.0548 e. The Morgan fingerprint density at radius 1 is 0.125 bits per heavy atom. The first kappa shape index (κ1) is 64.2. The Balaban J connectivity index is 0.000000138. The lowest BCUT2D eigenvalue weighted by atomic mass is 10.0. The van der Waals surface area contributed by atoms with Crippen LogP contribution in [0.3, 0.4) is 0 Å². The second-order valence-electron chi connectivity index (χ2n) is 29.3. The number of aromatic nitrogens is 6. The van der Waals surface area contributed by atoms with Gasteiger partial charge in [-0.1, -0.05) is 255 Å². The van der Waals surface area contributed by atoms with Crippen molar-refractivity contribution in [2.24, 2.45) is 0 Å². The molecule has 0 radical (unpaired) electrons. The van der Waals surface area contributed by atoms with Gasteiger partial charge in [-0.15, -0.1) is 0 Å². The molecule has 23 rings (SSSR count). The average molecular weight is 1430 g/mol. The molecule has 0 fully saturated rings. The third kappa shape index (κ3) is 10.8. The Morgan fingerprint density at radius 2 is 0.393 bits per heavy atom. The number of fused-ring (bicyclic) bond motifs is 14. The summed E-state index contributed by atoms with van der Waals surface area (Å²) in [5.41, 5.74) is 30.7. The summed E-state index contributed by atoms with van der Waals surface area (Å²) in [7, 11) is 0. The van der Waals surface area contributed by atoms with E-state index in [1.54, 1.807) is 0 Å². The summed E-state index contributed by atoms with van der Waals surface area (Å²) in [4.78, 5) is 0. The van der Waals surface area contributed by atoms with Crippen LogP contribution in [0.1, 0.15) is 0 Å². The number of rotatable bonds is 11. The first-order chi connectivity index (χ1) is 55.5. The molecule has 0 N–H and O–H groups in total. The van der Waals surface area contributed by atoms with Crippen LogP contribution in [0.5, 0.6) is 0 Å². The summed E-state index contributed by atoms with van der Waals surface area (Å²) < 4.78 is 14.4. The van der Waals surface area contributed by atoms with E-state index in [1.807, 2.05) is 0 Å². The van der Waals surface area contributed by atoms with Crippen molar-refractivity contribution in [3.8, 4) is 89.8 Å². The van der Waals surface area contributed by atoms with Crippen molar-refractivity contribution in [1.29, 1.82) is 0 Å². The third-order valence-corrected chi connectivity index (χ3v) is 22.9. The van der Waals surface area contributed by atoms with Gasteiger partial charge in [0.2, 0.25) is 0 Å². The van der Waals surface area contributed by atoms with Crippen LogP contribution >= 0.6 is 0 Å². The van der Waals surface area contributed by atoms with E-state index < -0.39 is 0 Å². The van der Waals surface area contributed by atoms with Crippen LogP contribution in [0.2, 0.25) is 0 Å². The molecule has 0 saturated carbocycles. The fourth-order valence-corrected chi connectivity index (χ4v) is 17.6. The molecule has 0 unspecified atom stereocenters. The molecule has 0 saturated heterocycles. The smallest absolute Gasteiger partial charge is 0.0548 e. The summed E-state index contributed by atoms with van der Waals surface area (Å²) in [5.74, 6) is 0. The molecule has 6 aromatic heterocycles. The summed E-state index contributed by atoms with van der Waals surface area (Å²) >= 11 is 0. The molecule has 524 valence electrons. The van der Waals surface area contributed by atoms with Crippen LogP contribution in [0, 0.1) is 0 Å². The van der Waals surface area contributed by atoms with Gasteiger partial charge < -0.3 is 27.4 Å². The van der Waals surface area contributed by atoms with Gasteiger partial charge in [-0.25, -0.2) is 0 Å². The van der Waals surface area contributed by atoms with E-state index in [-0.39, 0.29) is 0 Å². The fraction of sp³-hybridized carbons (Fsp3) is 0. The second-order valence-corrected chi connectivity index (χ2v) is 29.3.